The Morgan fingerprint density at radius 2 is 1.97 bits per heavy atom. The number of hydrogen-bond donors (Lipinski definition) is 3. The Labute approximate surface area is 173 Å². The van der Waals surface area contributed by atoms with Gasteiger partial charge in [0.15, 0.2) is 6.29 Å². The van der Waals surface area contributed by atoms with E-state index in [4.69, 9.17) is 20.3 Å². The molecule has 4 N–H and O–H groups in total. The second-order valence-corrected chi connectivity index (χ2v) is 6.90. The fourth-order valence-electron chi connectivity index (χ4n) is 3.04. The Kier molecular flexibility index (Phi) is 6.61. The van der Waals surface area contributed by atoms with Crippen LogP contribution >= 0.6 is 0 Å². The molecule has 1 aliphatic rings. The van der Waals surface area contributed by atoms with Crippen molar-refractivity contribution in [2.45, 2.75) is 25.4 Å². The number of nitrogens with one attached hydrogen (secondary N) is 1. The lowest BCUT2D eigenvalue weighted by Gasteiger charge is -2.12. The van der Waals surface area contributed by atoms with Gasteiger partial charge in [-0.3, -0.25) is 19.7 Å². The Balaban J connectivity index is 1.68. The second kappa shape index (κ2) is 9.34. The van der Waals surface area contributed by atoms with Gasteiger partial charge in [-0.1, -0.05) is 18.2 Å². The minimum atomic E-state index is -1.04. The Hall–Kier alpha value is -3.49. The lowest BCUT2D eigenvalue weighted by molar-refractivity contribution is -0.138. The number of ketones is 1. The largest absolute Gasteiger partial charge is 0.480 e. The molecule has 2 aromatic rings. The number of aliphatic carboxylic acids is 1. The first-order valence-electron chi connectivity index (χ1n) is 9.30. The fraction of sp³-hybridized carbons (Fsp3) is 0.227. The van der Waals surface area contributed by atoms with E-state index < -0.39 is 23.8 Å². The number of carboxylic acids is 1. The zero-order valence-corrected chi connectivity index (χ0v) is 16.3. The number of carbonyl (C=O) groups is 3. The van der Waals surface area contributed by atoms with Gasteiger partial charge in [-0.2, -0.15) is 0 Å². The number of benzene rings is 2. The summed E-state index contributed by atoms with van der Waals surface area (Å²) >= 11 is 0. The number of aldehydes is 1. The van der Waals surface area contributed by atoms with Crippen molar-refractivity contribution in [3.63, 3.8) is 0 Å². The zero-order valence-electron chi connectivity index (χ0n) is 16.3. The van der Waals surface area contributed by atoms with Crippen LogP contribution in [-0.4, -0.2) is 42.0 Å². The van der Waals surface area contributed by atoms with Crippen LogP contribution in [0.1, 0.15) is 16.7 Å². The van der Waals surface area contributed by atoms with E-state index >= 15 is 0 Å². The van der Waals surface area contributed by atoms with Crippen LogP contribution in [0.5, 0.6) is 11.5 Å². The van der Waals surface area contributed by atoms with Gasteiger partial charge < -0.3 is 20.3 Å². The molecule has 8 heteroatoms. The number of carboxylic acid groups (broad SMARTS) is 1. The molecule has 0 bridgehead atoms. The maximum Gasteiger partial charge on any atom is 0.320 e. The van der Waals surface area contributed by atoms with Crippen molar-refractivity contribution in [1.82, 2.24) is 5.32 Å². The predicted octanol–water partition coefficient (Wildman–Crippen LogP) is 1.80. The quantitative estimate of drug-likeness (QED) is 0.444. The molecular formula is C22H22N2O6. The van der Waals surface area contributed by atoms with Crippen LogP contribution < -0.4 is 15.8 Å². The van der Waals surface area contributed by atoms with Crippen LogP contribution in [-0.2, 0) is 25.5 Å². The summed E-state index contributed by atoms with van der Waals surface area (Å²) in [5.41, 5.74) is 8.13. The molecule has 1 aliphatic heterocycles. The molecule has 156 valence electrons. The third-order valence-corrected chi connectivity index (χ3v) is 4.71. The van der Waals surface area contributed by atoms with Gasteiger partial charge >= 0.3 is 5.97 Å². The summed E-state index contributed by atoms with van der Waals surface area (Å²) in [5, 5.41) is 11.8. The van der Waals surface area contributed by atoms with Crippen LogP contribution in [0, 0.1) is 6.92 Å². The van der Waals surface area contributed by atoms with Crippen LogP contribution in [0.25, 0.3) is 6.08 Å². The first-order valence-corrected chi connectivity index (χ1v) is 9.30. The second-order valence-electron chi connectivity index (χ2n) is 6.90. The van der Waals surface area contributed by atoms with Crippen LogP contribution in [0.4, 0.5) is 0 Å². The van der Waals surface area contributed by atoms with E-state index in [0.29, 0.717) is 17.3 Å². The number of hydrogen-bond acceptors (Lipinski definition) is 7. The summed E-state index contributed by atoms with van der Waals surface area (Å²) in [7, 11) is 0. The molecule has 2 aromatic carbocycles. The average molecular weight is 410 g/mol. The summed E-state index contributed by atoms with van der Waals surface area (Å²) in [6.45, 7) is 2.04. The van der Waals surface area contributed by atoms with E-state index in [2.05, 4.69) is 5.32 Å². The number of aryl methyl sites for hydroxylation is 1. The van der Waals surface area contributed by atoms with Gasteiger partial charge in [0, 0.05) is 0 Å². The van der Waals surface area contributed by atoms with Crippen molar-refractivity contribution in [1.29, 1.82) is 0 Å². The van der Waals surface area contributed by atoms with Gasteiger partial charge in [0.1, 0.15) is 36.1 Å². The standard InChI is InChI=1S/C22H22N2O6/c1-13-8-17(7-4-15(13)10-18(23)22(27)28)30-16-5-2-14(3-6-16)9-20-21(19(26)11-25)24-12-29-20/h2-9,11,18,21,24H,10,12,23H2,1H3,(H,27,28). The fourth-order valence-corrected chi connectivity index (χ4v) is 3.04. The summed E-state index contributed by atoms with van der Waals surface area (Å²) in [6.07, 6.45) is 2.22. The Morgan fingerprint density at radius 1 is 1.27 bits per heavy atom. The number of ether oxygens (including phenoxy) is 2. The van der Waals surface area contributed by atoms with Gasteiger partial charge in [-0.25, -0.2) is 0 Å². The van der Waals surface area contributed by atoms with E-state index in [9.17, 15) is 14.4 Å². The van der Waals surface area contributed by atoms with Gasteiger partial charge in [0.05, 0.1) is 0 Å². The first kappa shape index (κ1) is 21.2. The summed E-state index contributed by atoms with van der Waals surface area (Å²) in [5.74, 6) is 0.00235. The van der Waals surface area contributed by atoms with Crippen LogP contribution in [0.2, 0.25) is 0 Å². The summed E-state index contributed by atoms with van der Waals surface area (Å²) in [6, 6.07) is 10.9. The van der Waals surface area contributed by atoms with E-state index in [1.54, 1.807) is 42.5 Å². The maximum atomic E-state index is 11.6. The van der Waals surface area contributed by atoms with Gasteiger partial charge in [0.25, 0.3) is 0 Å². The molecule has 2 unspecified atom stereocenters. The van der Waals surface area contributed by atoms with E-state index in [-0.39, 0.29) is 19.4 Å². The third kappa shape index (κ3) is 5.11. The van der Waals surface area contributed by atoms with Crippen molar-refractivity contribution in [3.8, 4) is 11.5 Å². The normalized spacial score (nSPS) is 17.9. The number of nitrogens with two attached hydrogens (primary N) is 1. The predicted molar refractivity (Wildman–Crippen MR) is 109 cm³/mol. The molecule has 0 aromatic heterocycles. The lowest BCUT2D eigenvalue weighted by atomic mass is 10.0. The SMILES string of the molecule is Cc1cc(Oc2ccc(C=C3OCNC3C(=O)C=O)cc2)ccc1CC(N)C(=O)O. The van der Waals surface area contributed by atoms with Gasteiger partial charge in [-0.15, -0.1) is 0 Å². The molecule has 3 rings (SSSR count). The first-order chi connectivity index (χ1) is 14.4. The maximum absolute atomic E-state index is 11.6. The molecule has 1 fully saturated rings. The number of Topliss-reactive ketones (excluding diaryl/α,β-unsaturated/α-hetero) is 1. The van der Waals surface area contributed by atoms with Crippen molar-refractivity contribution in [2.75, 3.05) is 6.73 Å². The Morgan fingerprint density at radius 3 is 2.60 bits per heavy atom. The molecule has 2 atom stereocenters. The molecule has 1 saturated heterocycles. The summed E-state index contributed by atoms with van der Waals surface area (Å²) < 4.78 is 11.2. The van der Waals surface area contributed by atoms with E-state index in [0.717, 1.165) is 16.7 Å². The molecule has 0 aliphatic carbocycles. The molecule has 8 nitrogen and oxygen atoms in total. The van der Waals surface area contributed by atoms with Gasteiger partial charge in [0.2, 0.25) is 5.78 Å². The van der Waals surface area contributed by atoms with E-state index in [1.807, 2.05) is 13.0 Å². The number of rotatable bonds is 8. The van der Waals surface area contributed by atoms with E-state index in [1.165, 1.54) is 0 Å². The van der Waals surface area contributed by atoms with Crippen molar-refractivity contribution >= 4 is 24.1 Å². The minimum Gasteiger partial charge on any atom is -0.480 e. The minimum absolute atomic E-state index is 0.171. The molecule has 0 radical (unpaired) electrons. The topological polar surface area (TPSA) is 128 Å². The highest BCUT2D eigenvalue weighted by Gasteiger charge is 2.28. The smallest absolute Gasteiger partial charge is 0.320 e. The number of carbonyl (C=O) groups excluding carboxylic acids is 2. The molecule has 30 heavy (non-hydrogen) atoms. The highest BCUT2D eigenvalue weighted by Crippen LogP contribution is 2.26. The molecule has 0 amide bonds. The summed E-state index contributed by atoms with van der Waals surface area (Å²) in [4.78, 5) is 33.3. The van der Waals surface area contributed by atoms with Crippen molar-refractivity contribution in [3.05, 3.63) is 64.9 Å². The monoisotopic (exact) mass is 410 g/mol. The molecule has 1 heterocycles. The third-order valence-electron chi connectivity index (χ3n) is 4.71. The molecular weight excluding hydrogens is 388 g/mol. The lowest BCUT2D eigenvalue weighted by Crippen LogP contribution is -2.32. The van der Waals surface area contributed by atoms with Crippen LogP contribution in [0.3, 0.4) is 0 Å². The van der Waals surface area contributed by atoms with Gasteiger partial charge in [-0.05, 0) is 60.4 Å². The molecule has 0 saturated carbocycles. The average Bonchev–Trinajstić information content (AvgIpc) is 3.19. The zero-order chi connectivity index (χ0) is 21.7. The Bertz CT molecular complexity index is 984. The van der Waals surface area contributed by atoms with Crippen molar-refractivity contribution < 1.29 is 29.0 Å². The highest BCUT2D eigenvalue weighted by molar-refractivity contribution is 6.28. The molecule has 0 spiro atoms. The van der Waals surface area contributed by atoms with Crippen LogP contribution in [0.15, 0.2) is 48.2 Å². The highest BCUT2D eigenvalue weighted by atomic mass is 16.5. The van der Waals surface area contributed by atoms with Crippen molar-refractivity contribution in [2.24, 2.45) is 5.73 Å².